The second kappa shape index (κ2) is 27.8. The van der Waals surface area contributed by atoms with Gasteiger partial charge >= 0.3 is 23.3 Å². The number of carbonyl (C=O) groups excluding carboxylic acids is 4. The van der Waals surface area contributed by atoms with E-state index in [4.69, 9.17) is 47.4 Å². The molecule has 0 bridgehead atoms. The maximum Gasteiger partial charge on any atom is 0.316 e. The van der Waals surface area contributed by atoms with E-state index in [1.165, 1.54) is 60.4 Å². The molecule has 91 heavy (non-hydrogen) atoms. The average Bonchev–Trinajstić information content (AvgIpc) is 1.68. The Morgan fingerprint density at radius 1 is 0.538 bits per heavy atom. The second-order valence-electron chi connectivity index (χ2n) is 22.5. The van der Waals surface area contributed by atoms with E-state index in [9.17, 15) is 90.5 Å². The number of carbonyl (C=O) groups is 4. The van der Waals surface area contributed by atoms with E-state index in [-0.39, 0.29) is 89.1 Å². The maximum absolute atomic E-state index is 14.3. The zero-order valence-corrected chi connectivity index (χ0v) is 48.8. The van der Waals surface area contributed by atoms with Gasteiger partial charge in [-0.15, -0.1) is 0 Å². The molecule has 16 atom stereocenters. The van der Waals surface area contributed by atoms with Crippen molar-refractivity contribution in [1.82, 2.24) is 9.80 Å². The van der Waals surface area contributed by atoms with Crippen LogP contribution in [-0.2, 0) is 41.8 Å². The van der Waals surface area contributed by atoms with Gasteiger partial charge in [0.2, 0.25) is 12.6 Å². The zero-order valence-electron chi connectivity index (χ0n) is 48.8. The largest absolute Gasteiger partial charge is 0.493 e. The van der Waals surface area contributed by atoms with E-state index in [0.29, 0.717) is 25.7 Å². The molecule has 492 valence electrons. The third-order valence-electron chi connectivity index (χ3n) is 17.1. The molecule has 0 radical (unpaired) electrons. The molecule has 0 aromatic heterocycles. The summed E-state index contributed by atoms with van der Waals surface area (Å²) in [6.45, 7) is -2.42. The topological polar surface area (TPSA) is 456 Å². The molecular formula is C59H68N4O28. The number of nitro groups is 2. The minimum Gasteiger partial charge on any atom is -0.493 e. The highest BCUT2D eigenvalue weighted by Crippen LogP contribution is 2.45. The first-order chi connectivity index (χ1) is 43.6. The van der Waals surface area contributed by atoms with E-state index in [1.807, 2.05) is 0 Å². The summed E-state index contributed by atoms with van der Waals surface area (Å²) >= 11 is 0. The van der Waals surface area contributed by atoms with E-state index in [1.54, 1.807) is 0 Å². The van der Waals surface area contributed by atoms with E-state index in [0.717, 1.165) is 24.3 Å². The van der Waals surface area contributed by atoms with Crippen molar-refractivity contribution in [2.75, 3.05) is 53.7 Å². The van der Waals surface area contributed by atoms with Gasteiger partial charge in [-0.1, -0.05) is 12.1 Å². The van der Waals surface area contributed by atoms with Crippen molar-refractivity contribution < 1.29 is 127 Å². The molecule has 32 nitrogen and oxygen atoms in total. The Bertz CT molecular complexity index is 3170. The summed E-state index contributed by atoms with van der Waals surface area (Å²) in [4.78, 5) is 82.8. The third-order valence-corrected chi connectivity index (χ3v) is 17.1. The SMILES string of the molecule is COc1cc2c(cc1OCCCOc1cc3c(cc1OC)C(=O)N1CCC[C@H]1[C@H](O)C3C(=O)OCc1ccc(O[C@@H]3O[C@H](CO)[C@H](O)[C@@H](O)[C@@H]3O)c([N+](=O)[O-])c1)C(C(=O)OCc1ccc(O[C@@H]3O[C@H](CO)[C@H](O)[C@@H](O)[C@@H]3O)c([N+](=O)[O-])c1)[C@@H](O)[C@@H]1CCCN1C2=O. The van der Waals surface area contributed by atoms with Crippen LogP contribution in [-0.4, -0.2) is 234 Å². The number of benzene rings is 4. The van der Waals surface area contributed by atoms with Crippen LogP contribution in [0.1, 0.15) is 86.9 Å². The summed E-state index contributed by atoms with van der Waals surface area (Å²) in [6.07, 6.45) is -18.3. The van der Waals surface area contributed by atoms with Crippen molar-refractivity contribution in [2.24, 2.45) is 0 Å². The maximum atomic E-state index is 14.3. The third kappa shape index (κ3) is 13.1. The standard InChI is InChI=1S/C59H68N4O28/c1-82-38-20-30-28(44(46(66)32-6-3-12-60(32)54(30)74)56(76)86-24-26-8-10-36(34(16-26)62(78)79)88-58-52(72)50(70)48(68)42(22-64)90-58)18-40(38)84-14-5-15-85-41-19-29-31(21-39(41)83-2)55(75)61-13-4-7-33(61)47(67)45(29)57(77)87-25-27-9-11-37(35(17-27)63(80)81)89-59-53(73)51(71)49(69)43(23-65)91-59/h8-11,16-21,32-33,42-53,58-59,64-73H,3-7,12-15,22-25H2,1-2H3/t32-,33-,42+,43+,44?,45?,46-,47-,48-,49-,50+,51+,52-,53-,58+,59+/m0/s1. The number of rotatable bonds is 22. The molecule has 2 unspecified atom stereocenters. The van der Waals surface area contributed by atoms with Crippen molar-refractivity contribution in [3.8, 4) is 34.5 Å². The number of aliphatic hydroxyl groups is 10. The molecule has 0 aliphatic carbocycles. The number of aliphatic hydroxyl groups excluding tert-OH is 10. The highest BCUT2D eigenvalue weighted by molar-refractivity contribution is 6.01. The van der Waals surface area contributed by atoms with Crippen LogP contribution in [0.25, 0.3) is 0 Å². The van der Waals surface area contributed by atoms with Crippen molar-refractivity contribution in [3.05, 3.63) is 114 Å². The fourth-order valence-electron chi connectivity index (χ4n) is 12.3. The van der Waals surface area contributed by atoms with Gasteiger partial charge in [-0.25, -0.2) is 0 Å². The predicted molar refractivity (Wildman–Crippen MR) is 302 cm³/mol. The van der Waals surface area contributed by atoms with Crippen molar-refractivity contribution >= 4 is 35.1 Å². The summed E-state index contributed by atoms with van der Waals surface area (Å²) in [5, 5.41) is 129. The van der Waals surface area contributed by atoms with Gasteiger partial charge < -0.3 is 108 Å². The Morgan fingerprint density at radius 3 is 1.30 bits per heavy atom. The quantitative estimate of drug-likeness (QED) is 0.0202. The second-order valence-corrected chi connectivity index (χ2v) is 22.5. The van der Waals surface area contributed by atoms with Crippen molar-refractivity contribution in [3.63, 3.8) is 0 Å². The fraction of sp³-hybridized carbons (Fsp3) is 0.525. The molecule has 4 aromatic carbocycles. The molecule has 10 N–H and O–H groups in total. The lowest BCUT2D eigenvalue weighted by Crippen LogP contribution is -2.60. The van der Waals surface area contributed by atoms with Crippen LogP contribution >= 0.6 is 0 Å². The first kappa shape index (κ1) is 65.8. The molecule has 4 aromatic rings. The van der Waals surface area contributed by atoms with Crippen LogP contribution in [0.3, 0.4) is 0 Å². The van der Waals surface area contributed by atoms with Gasteiger partial charge in [-0.05, 0) is 84.3 Å². The van der Waals surface area contributed by atoms with Gasteiger partial charge in [-0.3, -0.25) is 39.4 Å². The number of ether oxygens (including phenoxy) is 10. The molecular weight excluding hydrogens is 1210 g/mol. The summed E-state index contributed by atoms with van der Waals surface area (Å²) in [7, 11) is 2.66. The van der Waals surface area contributed by atoms with Gasteiger partial charge in [0.15, 0.2) is 34.5 Å². The van der Waals surface area contributed by atoms with Crippen LogP contribution in [0.15, 0.2) is 60.7 Å². The van der Waals surface area contributed by atoms with Gasteiger partial charge in [-0.2, -0.15) is 0 Å². The van der Waals surface area contributed by atoms with Gasteiger partial charge in [0, 0.05) is 42.8 Å². The number of hydrogen-bond donors (Lipinski definition) is 10. The summed E-state index contributed by atoms with van der Waals surface area (Å²) < 4.78 is 56.9. The average molecular weight is 1280 g/mol. The monoisotopic (exact) mass is 1280 g/mol. The number of nitrogens with zero attached hydrogens (tertiary/aromatic N) is 4. The Labute approximate surface area is 516 Å². The summed E-state index contributed by atoms with van der Waals surface area (Å²) in [6, 6.07) is 10.8. The minimum absolute atomic E-state index is 0.00516. The van der Waals surface area contributed by atoms with Gasteiger partial charge in [0.05, 0.1) is 74.8 Å². The Kier molecular flexibility index (Phi) is 20.1. The fourth-order valence-corrected chi connectivity index (χ4v) is 12.3. The Balaban J connectivity index is 0.835. The molecule has 32 heteroatoms. The lowest BCUT2D eigenvalue weighted by atomic mass is 9.87. The molecule has 6 aliphatic heterocycles. The molecule has 4 fully saturated rings. The number of hydrogen-bond acceptors (Lipinski definition) is 28. The van der Waals surface area contributed by atoms with Crippen LogP contribution in [0.5, 0.6) is 34.5 Å². The zero-order chi connectivity index (χ0) is 65.3. The van der Waals surface area contributed by atoms with E-state index >= 15 is 0 Å². The smallest absolute Gasteiger partial charge is 0.316 e. The molecule has 0 saturated carbocycles. The number of nitro benzene ring substituents is 2. The van der Waals surface area contributed by atoms with Gasteiger partial charge in [0.25, 0.3) is 11.8 Å². The number of methoxy groups -OCH3 is 2. The molecule has 4 saturated heterocycles. The number of esters is 2. The van der Waals surface area contributed by atoms with E-state index < -0.39 is 180 Å². The molecule has 6 aliphatic rings. The van der Waals surface area contributed by atoms with Crippen molar-refractivity contribution in [2.45, 2.75) is 143 Å². The summed E-state index contributed by atoms with van der Waals surface area (Å²) in [5.74, 6) is -6.70. The molecule has 0 spiro atoms. The highest BCUT2D eigenvalue weighted by atomic mass is 16.7. The van der Waals surface area contributed by atoms with Gasteiger partial charge in [0.1, 0.15) is 73.9 Å². The van der Waals surface area contributed by atoms with E-state index in [2.05, 4.69) is 0 Å². The predicted octanol–water partition coefficient (Wildman–Crippen LogP) is -0.662. The number of fused-ring (bicyclic) bond motifs is 4. The minimum atomic E-state index is -1.88. The van der Waals surface area contributed by atoms with Crippen LogP contribution in [0.4, 0.5) is 11.4 Å². The lowest BCUT2D eigenvalue weighted by Gasteiger charge is -2.39. The first-order valence-corrected chi connectivity index (χ1v) is 29.1. The lowest BCUT2D eigenvalue weighted by molar-refractivity contribution is -0.387. The number of amides is 2. The molecule has 2 amide bonds. The molecule has 6 heterocycles. The van der Waals surface area contributed by atoms with Crippen LogP contribution < -0.4 is 28.4 Å². The normalized spacial score (nSPS) is 29.3. The Hall–Kier alpha value is -8.12. The highest BCUT2D eigenvalue weighted by Gasteiger charge is 2.51. The summed E-state index contributed by atoms with van der Waals surface area (Å²) in [5.41, 5.74) is -1.15. The Morgan fingerprint density at radius 2 is 0.934 bits per heavy atom. The molecule has 10 rings (SSSR count). The first-order valence-electron chi connectivity index (χ1n) is 29.1. The van der Waals surface area contributed by atoms with Crippen LogP contribution in [0.2, 0.25) is 0 Å². The van der Waals surface area contributed by atoms with Crippen molar-refractivity contribution in [1.29, 1.82) is 0 Å². The van der Waals surface area contributed by atoms with Crippen LogP contribution in [0, 0.1) is 20.2 Å².